The van der Waals surface area contributed by atoms with Crippen LogP contribution in [0, 0.1) is 17.0 Å². The molecule has 2 aromatic heterocycles. The highest BCUT2D eigenvalue weighted by Crippen LogP contribution is 2.40. The zero-order valence-corrected chi connectivity index (χ0v) is 30.5. The second-order valence-corrected chi connectivity index (χ2v) is 14.7. The molecule has 2 heterocycles. The maximum absolute atomic E-state index is 15.4. The lowest BCUT2D eigenvalue weighted by molar-refractivity contribution is -0.150. The van der Waals surface area contributed by atoms with Crippen LogP contribution in [0.15, 0.2) is 78.0 Å². The molecule has 0 aliphatic heterocycles. The Morgan fingerprint density at radius 1 is 1.17 bits per heavy atom. The largest absolute Gasteiger partial charge is 0.481 e. The Balaban J connectivity index is 1.43. The van der Waals surface area contributed by atoms with Gasteiger partial charge in [0.2, 0.25) is 0 Å². The summed E-state index contributed by atoms with van der Waals surface area (Å²) < 4.78 is 45.2. The van der Waals surface area contributed by atoms with Gasteiger partial charge in [-0.3, -0.25) is 8.77 Å². The van der Waals surface area contributed by atoms with Gasteiger partial charge in [0.25, 0.3) is 0 Å². The Morgan fingerprint density at radius 3 is 2.66 bits per heavy atom. The van der Waals surface area contributed by atoms with E-state index in [1.165, 1.54) is 33.4 Å². The third-order valence-corrected chi connectivity index (χ3v) is 10.5. The summed E-state index contributed by atoms with van der Waals surface area (Å²) in [6, 6.07) is 15.4. The van der Waals surface area contributed by atoms with Gasteiger partial charge in [0.1, 0.15) is 17.4 Å². The maximum atomic E-state index is 15.4. The second-order valence-electron chi connectivity index (χ2n) is 12.0. The van der Waals surface area contributed by atoms with Crippen molar-refractivity contribution in [2.75, 3.05) is 13.2 Å². The van der Waals surface area contributed by atoms with Crippen LogP contribution in [0.5, 0.6) is 11.5 Å². The van der Waals surface area contributed by atoms with Gasteiger partial charge < -0.3 is 19.6 Å². The van der Waals surface area contributed by atoms with Crippen LogP contribution in [0.2, 0.25) is 0 Å². The molecule has 47 heavy (non-hydrogen) atoms. The van der Waals surface area contributed by atoms with Crippen LogP contribution in [0.4, 0.5) is 8.78 Å². The number of hydrogen-bond donors (Lipinski definition) is 2. The van der Waals surface area contributed by atoms with Gasteiger partial charge in [0.05, 0.1) is 23.1 Å². The summed E-state index contributed by atoms with van der Waals surface area (Å²) in [6.45, 7) is 9.66. The predicted octanol–water partition coefficient (Wildman–Crippen LogP) is 10.6. The van der Waals surface area contributed by atoms with Gasteiger partial charge in [-0.25, -0.2) is 13.8 Å². The summed E-state index contributed by atoms with van der Waals surface area (Å²) in [5, 5.41) is 10.2. The van der Waals surface area contributed by atoms with Gasteiger partial charge in [-0.15, -0.1) is 0 Å². The molecule has 5 aromatic rings. The minimum Gasteiger partial charge on any atom is -0.481 e. The maximum Gasteiger partial charge on any atom is 0.311 e. The molecule has 0 aliphatic rings. The van der Waals surface area contributed by atoms with Gasteiger partial charge in [-0.1, -0.05) is 40.7 Å². The summed E-state index contributed by atoms with van der Waals surface area (Å²) in [6.07, 6.45) is 6.35. The van der Waals surface area contributed by atoms with Crippen molar-refractivity contribution < 1.29 is 28.2 Å². The number of aromatic amines is 1. The van der Waals surface area contributed by atoms with E-state index in [2.05, 4.69) is 60.6 Å². The molecular formula is C35H33BrF2IN3O4S. The summed E-state index contributed by atoms with van der Waals surface area (Å²) in [7, 11) is 1.42. The van der Waals surface area contributed by atoms with E-state index in [-0.39, 0.29) is 23.7 Å². The topological polar surface area (TPSA) is 89.4 Å². The zero-order valence-electron chi connectivity index (χ0n) is 26.0. The minimum absolute atomic E-state index is 0.00223. The number of carboxylic acids is 1. The first-order valence-electron chi connectivity index (χ1n) is 14.7. The fraction of sp³-hybridized carbons (Fsp3) is 0.257. The highest BCUT2D eigenvalue weighted by Gasteiger charge is 2.32. The van der Waals surface area contributed by atoms with Crippen LogP contribution in [0.3, 0.4) is 0 Å². The molecule has 0 radical (unpaired) electrons. The quantitative estimate of drug-likeness (QED) is 0.0856. The van der Waals surface area contributed by atoms with E-state index in [0.29, 0.717) is 36.4 Å². The molecule has 0 saturated heterocycles. The molecule has 1 unspecified atom stereocenters. The van der Waals surface area contributed by atoms with Crippen LogP contribution < -0.4 is 4.74 Å². The Morgan fingerprint density at radius 2 is 1.96 bits per heavy atom. The number of H-pyrrole nitrogens is 1. The van der Waals surface area contributed by atoms with Crippen molar-refractivity contribution in [3.05, 3.63) is 106 Å². The first kappa shape index (κ1) is 35.1. The summed E-state index contributed by atoms with van der Waals surface area (Å²) in [5.41, 5.74) is 1.55. The molecule has 246 valence electrons. The van der Waals surface area contributed by atoms with E-state index in [0.717, 1.165) is 21.1 Å². The van der Waals surface area contributed by atoms with Gasteiger partial charge in [0, 0.05) is 81.9 Å². The number of rotatable bonds is 14. The van der Waals surface area contributed by atoms with E-state index in [9.17, 15) is 9.90 Å². The molecule has 12 heteroatoms. The van der Waals surface area contributed by atoms with Gasteiger partial charge >= 0.3 is 5.97 Å². The van der Waals surface area contributed by atoms with Crippen molar-refractivity contribution in [1.82, 2.24) is 13.9 Å². The molecule has 2 N–H and O–H groups in total. The molecule has 0 bridgehead atoms. The van der Waals surface area contributed by atoms with Crippen molar-refractivity contribution in [1.29, 1.82) is 0 Å². The lowest BCUT2D eigenvalue weighted by Crippen LogP contribution is -2.30. The monoisotopic (exact) mass is 835 g/mol. The first-order chi connectivity index (χ1) is 22.4. The van der Waals surface area contributed by atoms with Crippen molar-refractivity contribution in [3.63, 3.8) is 0 Å². The van der Waals surface area contributed by atoms with E-state index in [1.807, 2.05) is 40.5 Å². The number of carbonyl (C=O) groups is 1. The number of aromatic nitrogens is 3. The van der Waals surface area contributed by atoms with Crippen molar-refractivity contribution in [2.45, 2.75) is 39.0 Å². The first-order valence-corrected chi connectivity index (χ1v) is 18.8. The van der Waals surface area contributed by atoms with E-state index < -0.39 is 28.4 Å². The molecule has 0 saturated carbocycles. The molecule has 0 aliphatic carbocycles. The standard InChI is InChI=1S/C35H33BrF2IN3O4S/c1-5-24-25-12-14-42(47-39)29(25)18-28(38)31(24)46-23-10-11-27(37)26(17-23)32-40-19-30(41-32)35(4,21-8-6-9-22(36)16-21)13-7-15-45-20-34(2,3)33(43)44/h5-6,8-12,14,16-19H,1,7,13,15,20H2,2-4H3,(H,40,41)(H,43,44). The predicted molar refractivity (Wildman–Crippen MR) is 195 cm³/mol. The Kier molecular flexibility index (Phi) is 10.8. The third kappa shape index (κ3) is 7.45. The van der Waals surface area contributed by atoms with Crippen LogP contribution >= 0.6 is 46.3 Å². The number of carboxylic acid groups (broad SMARTS) is 1. The van der Waals surface area contributed by atoms with E-state index in [4.69, 9.17) is 9.47 Å². The number of nitrogens with zero attached hydrogens (tertiary/aromatic N) is 2. The van der Waals surface area contributed by atoms with E-state index >= 15 is 8.78 Å². The number of halogens is 4. The number of nitrogens with one attached hydrogen (secondary N) is 1. The van der Waals surface area contributed by atoms with E-state index in [1.54, 1.807) is 26.1 Å². The molecule has 0 fully saturated rings. The summed E-state index contributed by atoms with van der Waals surface area (Å²) in [4.78, 5) is 19.3. The van der Waals surface area contributed by atoms with Crippen LogP contribution in [-0.2, 0) is 14.9 Å². The number of ether oxygens (including phenoxy) is 2. The molecule has 5 rings (SSSR count). The molecule has 3 aromatic carbocycles. The second kappa shape index (κ2) is 14.5. The average Bonchev–Trinajstić information content (AvgIpc) is 3.70. The fourth-order valence-corrected chi connectivity index (χ4v) is 7.15. The molecule has 7 nitrogen and oxygen atoms in total. The van der Waals surface area contributed by atoms with Gasteiger partial charge in [-0.05, 0) is 75.6 Å². The Hall–Kier alpha value is -3.20. The molecule has 0 spiro atoms. The zero-order chi connectivity index (χ0) is 33.9. The Labute approximate surface area is 296 Å². The SMILES string of the molecule is C=Cc1c(Oc2ccc(F)c(-c3ncc(C(C)(CCCOCC(C)(C)C(=O)O)c4cccc(Br)c4)[nH]3)c2)c(F)cc2c1ccn2SI. The fourth-order valence-electron chi connectivity index (χ4n) is 5.39. The smallest absolute Gasteiger partial charge is 0.311 e. The highest BCUT2D eigenvalue weighted by atomic mass is 127. The van der Waals surface area contributed by atoms with Gasteiger partial charge in [-0.2, -0.15) is 0 Å². The average molecular weight is 837 g/mol. The lowest BCUT2D eigenvalue weighted by atomic mass is 9.76. The van der Waals surface area contributed by atoms with Crippen molar-refractivity contribution >= 4 is 69.2 Å². The number of benzene rings is 3. The van der Waals surface area contributed by atoms with Crippen LogP contribution in [0.1, 0.15) is 50.4 Å². The minimum atomic E-state index is -0.986. The molecule has 0 amide bonds. The lowest BCUT2D eigenvalue weighted by Gasteiger charge is -2.30. The van der Waals surface area contributed by atoms with Crippen molar-refractivity contribution in [3.8, 4) is 22.9 Å². The van der Waals surface area contributed by atoms with Crippen molar-refractivity contribution in [2.24, 2.45) is 5.41 Å². The number of aliphatic carboxylic acids is 1. The van der Waals surface area contributed by atoms with Gasteiger partial charge in [0.15, 0.2) is 11.6 Å². The number of imidazole rings is 1. The third-order valence-electron chi connectivity index (χ3n) is 8.24. The summed E-state index contributed by atoms with van der Waals surface area (Å²) >= 11 is 5.70. The van der Waals surface area contributed by atoms with Crippen LogP contribution in [-0.4, -0.2) is 38.2 Å². The number of hydrogen-bond acceptors (Lipinski definition) is 5. The normalized spacial score (nSPS) is 13.1. The summed E-state index contributed by atoms with van der Waals surface area (Å²) in [5.74, 6) is -1.48. The molecular weight excluding hydrogens is 803 g/mol. The highest BCUT2D eigenvalue weighted by molar-refractivity contribution is 14.2. The molecule has 1 atom stereocenters. The Bertz CT molecular complexity index is 1950. The number of fused-ring (bicyclic) bond motifs is 1. The van der Waals surface area contributed by atoms with Crippen LogP contribution in [0.25, 0.3) is 28.4 Å².